The number of carbonyl (C=O) groups is 1. The molecule has 0 aromatic heterocycles. The highest BCUT2D eigenvalue weighted by molar-refractivity contribution is 5.93. The van der Waals surface area contributed by atoms with Crippen LogP contribution in [0.5, 0.6) is 5.75 Å². The van der Waals surface area contributed by atoms with Gasteiger partial charge < -0.3 is 15.0 Å². The molecule has 7 nitrogen and oxygen atoms in total. The molecule has 0 aliphatic carbocycles. The second kappa shape index (κ2) is 7.41. The van der Waals surface area contributed by atoms with Gasteiger partial charge in [-0.15, -0.1) is 0 Å². The van der Waals surface area contributed by atoms with Crippen LogP contribution in [0.3, 0.4) is 0 Å². The van der Waals surface area contributed by atoms with Crippen molar-refractivity contribution in [3.63, 3.8) is 0 Å². The lowest BCUT2D eigenvalue weighted by Gasteiger charge is -2.31. The fourth-order valence-corrected chi connectivity index (χ4v) is 3.38. The molecule has 1 amide bonds. The number of rotatable bonds is 5. The average Bonchev–Trinajstić information content (AvgIpc) is 2.46. The SMILES string of the molecule is COc1ccc(NC(=O)C[NH+]2C[C@H](C)C[C@H](C)C2)c([N+](=O)[O-])c1. The van der Waals surface area contributed by atoms with Crippen molar-refractivity contribution < 1.29 is 19.4 Å². The highest BCUT2D eigenvalue weighted by atomic mass is 16.6. The third-order valence-corrected chi connectivity index (χ3v) is 4.17. The first-order valence-corrected chi connectivity index (χ1v) is 7.85. The van der Waals surface area contributed by atoms with Crippen molar-refractivity contribution in [2.24, 2.45) is 11.8 Å². The molecular weight excluding hydrogens is 298 g/mol. The number of nitrogens with one attached hydrogen (secondary N) is 2. The minimum absolute atomic E-state index is 0.159. The van der Waals surface area contributed by atoms with E-state index in [0.29, 0.717) is 24.1 Å². The monoisotopic (exact) mass is 322 g/mol. The van der Waals surface area contributed by atoms with Crippen molar-refractivity contribution in [1.29, 1.82) is 0 Å². The lowest BCUT2D eigenvalue weighted by Crippen LogP contribution is -3.15. The van der Waals surface area contributed by atoms with Crippen molar-refractivity contribution in [1.82, 2.24) is 0 Å². The zero-order valence-corrected chi connectivity index (χ0v) is 13.8. The summed E-state index contributed by atoms with van der Waals surface area (Å²) in [5.74, 6) is 1.38. The minimum atomic E-state index is -0.518. The summed E-state index contributed by atoms with van der Waals surface area (Å²) >= 11 is 0. The van der Waals surface area contributed by atoms with Crippen LogP contribution in [-0.4, -0.2) is 37.6 Å². The number of hydrogen-bond donors (Lipinski definition) is 2. The van der Waals surface area contributed by atoms with E-state index in [9.17, 15) is 14.9 Å². The number of hydrogen-bond acceptors (Lipinski definition) is 4. The maximum atomic E-state index is 12.2. The number of anilines is 1. The second-order valence-electron chi connectivity index (χ2n) is 6.47. The molecular formula is C16H24N3O4+. The molecule has 3 atom stereocenters. The van der Waals surface area contributed by atoms with Gasteiger partial charge in [0, 0.05) is 11.8 Å². The van der Waals surface area contributed by atoms with Gasteiger partial charge in [0.05, 0.1) is 31.2 Å². The highest BCUT2D eigenvalue weighted by Crippen LogP contribution is 2.28. The Balaban J connectivity index is 2.04. The molecule has 1 heterocycles. The number of likely N-dealkylation sites (tertiary alicyclic amines) is 1. The molecule has 0 saturated carbocycles. The van der Waals surface area contributed by atoms with Crippen molar-refractivity contribution in [3.8, 4) is 5.75 Å². The van der Waals surface area contributed by atoms with Crippen LogP contribution >= 0.6 is 0 Å². The summed E-state index contributed by atoms with van der Waals surface area (Å²) in [5.41, 5.74) is 0.0476. The molecule has 0 radical (unpaired) electrons. The maximum Gasteiger partial charge on any atom is 0.296 e. The Kier molecular flexibility index (Phi) is 5.54. The number of methoxy groups -OCH3 is 1. The van der Waals surface area contributed by atoms with Gasteiger partial charge in [-0.3, -0.25) is 14.9 Å². The van der Waals surface area contributed by atoms with Crippen LogP contribution in [-0.2, 0) is 4.79 Å². The molecule has 126 valence electrons. The van der Waals surface area contributed by atoms with Crippen LogP contribution in [0.4, 0.5) is 11.4 Å². The first-order valence-electron chi connectivity index (χ1n) is 7.85. The van der Waals surface area contributed by atoms with E-state index < -0.39 is 4.92 Å². The first-order chi connectivity index (χ1) is 10.9. The second-order valence-corrected chi connectivity index (χ2v) is 6.47. The van der Waals surface area contributed by atoms with Gasteiger partial charge in [-0.2, -0.15) is 0 Å². The minimum Gasteiger partial charge on any atom is -0.496 e. The number of piperidine rings is 1. The predicted octanol–water partition coefficient (Wildman–Crippen LogP) is 1.10. The quantitative estimate of drug-likeness (QED) is 0.628. The van der Waals surface area contributed by atoms with Gasteiger partial charge in [0.2, 0.25) is 0 Å². The number of nitro benzene ring substituents is 1. The van der Waals surface area contributed by atoms with E-state index in [-0.39, 0.29) is 17.3 Å². The summed E-state index contributed by atoms with van der Waals surface area (Å²) in [6, 6.07) is 4.42. The number of benzene rings is 1. The van der Waals surface area contributed by atoms with Crippen molar-refractivity contribution in [2.75, 3.05) is 32.1 Å². The fourth-order valence-electron chi connectivity index (χ4n) is 3.38. The molecule has 1 unspecified atom stereocenters. The fraction of sp³-hybridized carbons (Fsp3) is 0.562. The molecule has 1 fully saturated rings. The summed E-state index contributed by atoms with van der Waals surface area (Å²) in [6.45, 7) is 6.65. The van der Waals surface area contributed by atoms with Crippen molar-refractivity contribution >= 4 is 17.3 Å². The Labute approximate surface area is 135 Å². The van der Waals surface area contributed by atoms with Crippen LogP contribution in [0.2, 0.25) is 0 Å². The lowest BCUT2D eigenvalue weighted by atomic mass is 9.92. The number of quaternary nitrogens is 1. The van der Waals surface area contributed by atoms with Crippen LogP contribution in [0.25, 0.3) is 0 Å². The van der Waals surface area contributed by atoms with E-state index >= 15 is 0 Å². The van der Waals surface area contributed by atoms with Gasteiger partial charge in [-0.1, -0.05) is 13.8 Å². The third-order valence-electron chi connectivity index (χ3n) is 4.17. The van der Waals surface area contributed by atoms with Gasteiger partial charge in [0.25, 0.3) is 11.6 Å². The zero-order valence-electron chi connectivity index (χ0n) is 13.8. The third kappa shape index (κ3) is 4.66. The molecule has 23 heavy (non-hydrogen) atoms. The summed E-state index contributed by atoms with van der Waals surface area (Å²) in [6.07, 6.45) is 1.19. The molecule has 2 rings (SSSR count). The Morgan fingerprint density at radius 3 is 2.61 bits per heavy atom. The predicted molar refractivity (Wildman–Crippen MR) is 86.8 cm³/mol. The lowest BCUT2D eigenvalue weighted by molar-refractivity contribution is -0.904. The average molecular weight is 322 g/mol. The number of carbonyl (C=O) groups excluding carboxylic acids is 1. The Morgan fingerprint density at radius 1 is 1.39 bits per heavy atom. The Hall–Kier alpha value is -2.15. The zero-order chi connectivity index (χ0) is 17.0. The normalized spacial score (nSPS) is 24.0. The highest BCUT2D eigenvalue weighted by Gasteiger charge is 2.27. The molecule has 1 aromatic rings. The summed E-state index contributed by atoms with van der Waals surface area (Å²) in [4.78, 5) is 24.1. The standard InChI is InChI=1S/C16H23N3O4/c1-11-6-12(2)9-18(8-11)10-16(20)17-14-5-4-13(23-3)7-15(14)19(21)22/h4-5,7,11-12H,6,8-10H2,1-3H3,(H,17,20)/p+1/t11-,12+. The molecule has 1 aliphatic rings. The Morgan fingerprint density at radius 2 is 2.04 bits per heavy atom. The van der Waals surface area contributed by atoms with E-state index in [4.69, 9.17) is 4.74 Å². The smallest absolute Gasteiger partial charge is 0.296 e. The van der Waals surface area contributed by atoms with E-state index in [1.165, 1.54) is 30.6 Å². The summed E-state index contributed by atoms with van der Waals surface area (Å²) in [5, 5.41) is 13.8. The van der Waals surface area contributed by atoms with Crippen LogP contribution in [0.1, 0.15) is 20.3 Å². The van der Waals surface area contributed by atoms with Crippen molar-refractivity contribution in [3.05, 3.63) is 28.3 Å². The van der Waals surface area contributed by atoms with E-state index in [1.54, 1.807) is 6.07 Å². The molecule has 1 aliphatic heterocycles. The van der Waals surface area contributed by atoms with Crippen LogP contribution in [0.15, 0.2) is 18.2 Å². The van der Waals surface area contributed by atoms with Gasteiger partial charge >= 0.3 is 0 Å². The molecule has 0 bridgehead atoms. The van der Waals surface area contributed by atoms with E-state index in [1.807, 2.05) is 0 Å². The number of ether oxygens (including phenoxy) is 1. The molecule has 2 N–H and O–H groups in total. The maximum absolute atomic E-state index is 12.2. The largest absolute Gasteiger partial charge is 0.496 e. The van der Waals surface area contributed by atoms with Crippen molar-refractivity contribution in [2.45, 2.75) is 20.3 Å². The number of amides is 1. The van der Waals surface area contributed by atoms with Crippen LogP contribution < -0.4 is 15.0 Å². The Bertz CT molecular complexity index is 581. The van der Waals surface area contributed by atoms with Gasteiger partial charge in [0.1, 0.15) is 11.4 Å². The molecule has 1 saturated heterocycles. The topological polar surface area (TPSA) is 85.9 Å². The van der Waals surface area contributed by atoms with Gasteiger partial charge in [0.15, 0.2) is 6.54 Å². The number of nitrogens with zero attached hydrogens (tertiary/aromatic N) is 1. The summed E-state index contributed by atoms with van der Waals surface area (Å²) in [7, 11) is 1.44. The number of nitro groups is 1. The molecule has 0 spiro atoms. The first kappa shape index (κ1) is 17.2. The van der Waals surface area contributed by atoms with E-state index in [0.717, 1.165) is 13.1 Å². The molecule has 7 heteroatoms. The van der Waals surface area contributed by atoms with Crippen LogP contribution in [0, 0.1) is 22.0 Å². The van der Waals surface area contributed by atoms with Gasteiger partial charge in [-0.05, 0) is 18.6 Å². The molecule has 1 aromatic carbocycles. The van der Waals surface area contributed by atoms with Gasteiger partial charge in [-0.25, -0.2) is 0 Å². The van der Waals surface area contributed by atoms with E-state index in [2.05, 4.69) is 19.2 Å². The summed E-state index contributed by atoms with van der Waals surface area (Å²) < 4.78 is 4.99.